The first-order valence-electron chi connectivity index (χ1n) is 4.67. The van der Waals surface area contributed by atoms with Gasteiger partial charge >= 0.3 is 0 Å². The SMILES string of the molecule is C1CCC2CNCCC2C1.[N]. The number of piperidine rings is 1. The maximum Gasteiger partial charge on any atom is 0 e. The van der Waals surface area contributed by atoms with E-state index in [4.69, 9.17) is 0 Å². The van der Waals surface area contributed by atoms with Gasteiger partial charge in [0.2, 0.25) is 0 Å². The Morgan fingerprint density at radius 1 is 0.909 bits per heavy atom. The lowest BCUT2D eigenvalue weighted by atomic mass is 9.76. The zero-order valence-corrected chi connectivity index (χ0v) is 7.05. The zero-order chi connectivity index (χ0) is 6.81. The van der Waals surface area contributed by atoms with Crippen molar-refractivity contribution in [3.05, 3.63) is 0 Å². The minimum absolute atomic E-state index is 0. The summed E-state index contributed by atoms with van der Waals surface area (Å²) in [5.74, 6) is 2.14. The first-order valence-corrected chi connectivity index (χ1v) is 4.67. The molecule has 2 aliphatic rings. The molecule has 0 aromatic rings. The molecule has 0 aromatic carbocycles. The Kier molecular flexibility index (Phi) is 3.34. The third-order valence-electron chi connectivity index (χ3n) is 3.16. The van der Waals surface area contributed by atoms with Crippen molar-refractivity contribution in [2.45, 2.75) is 32.1 Å². The van der Waals surface area contributed by atoms with Crippen LogP contribution in [0.1, 0.15) is 32.1 Å². The molecule has 2 atom stereocenters. The molecule has 0 aromatic heterocycles. The number of fused-ring (bicyclic) bond motifs is 1. The van der Waals surface area contributed by atoms with Crippen LogP contribution < -0.4 is 11.5 Å². The molecule has 3 radical (unpaired) electrons. The van der Waals surface area contributed by atoms with Crippen molar-refractivity contribution in [3.8, 4) is 0 Å². The molecule has 2 unspecified atom stereocenters. The van der Waals surface area contributed by atoms with Crippen LogP contribution in [-0.4, -0.2) is 13.1 Å². The maximum atomic E-state index is 3.48. The molecule has 2 heteroatoms. The van der Waals surface area contributed by atoms with E-state index in [-0.39, 0.29) is 6.15 Å². The fourth-order valence-electron chi connectivity index (χ4n) is 2.51. The van der Waals surface area contributed by atoms with E-state index in [2.05, 4.69) is 5.32 Å². The summed E-state index contributed by atoms with van der Waals surface area (Å²) in [6, 6.07) is 0. The molecule has 1 saturated heterocycles. The van der Waals surface area contributed by atoms with E-state index in [0.29, 0.717) is 0 Å². The zero-order valence-electron chi connectivity index (χ0n) is 7.05. The van der Waals surface area contributed by atoms with E-state index >= 15 is 0 Å². The second-order valence-electron chi connectivity index (χ2n) is 3.80. The third kappa shape index (κ3) is 1.94. The second-order valence-corrected chi connectivity index (χ2v) is 3.80. The van der Waals surface area contributed by atoms with Gasteiger partial charge in [0.05, 0.1) is 0 Å². The Labute approximate surface area is 69.3 Å². The fraction of sp³-hybridized carbons (Fsp3) is 1.00. The normalized spacial score (nSPS) is 37.1. The third-order valence-corrected chi connectivity index (χ3v) is 3.16. The molecular formula is C9H17N2. The van der Waals surface area contributed by atoms with Gasteiger partial charge in [0.25, 0.3) is 0 Å². The molecule has 2 rings (SSSR count). The summed E-state index contributed by atoms with van der Waals surface area (Å²) in [4.78, 5) is 0. The molecular weight excluding hydrogens is 136 g/mol. The van der Waals surface area contributed by atoms with Gasteiger partial charge in [0.15, 0.2) is 0 Å². The average molecular weight is 153 g/mol. The van der Waals surface area contributed by atoms with Crippen LogP contribution in [-0.2, 0) is 0 Å². The summed E-state index contributed by atoms with van der Waals surface area (Å²) in [5, 5.41) is 3.48. The summed E-state index contributed by atoms with van der Waals surface area (Å²) in [5.41, 5.74) is 0. The highest BCUT2D eigenvalue weighted by molar-refractivity contribution is 4.81. The summed E-state index contributed by atoms with van der Waals surface area (Å²) >= 11 is 0. The first-order chi connectivity index (χ1) is 4.97. The van der Waals surface area contributed by atoms with Crippen molar-refractivity contribution >= 4 is 0 Å². The number of hydrogen-bond donors (Lipinski definition) is 1. The number of nitrogens with zero attached hydrogens (tertiary/aromatic N) is 1. The van der Waals surface area contributed by atoms with Crippen LogP contribution in [0.3, 0.4) is 0 Å². The second kappa shape index (κ2) is 4.07. The van der Waals surface area contributed by atoms with Crippen LogP contribution in [0, 0.1) is 11.8 Å². The van der Waals surface area contributed by atoms with Gasteiger partial charge in [0, 0.05) is 6.15 Å². The van der Waals surface area contributed by atoms with Gasteiger partial charge in [0.1, 0.15) is 0 Å². The van der Waals surface area contributed by atoms with Crippen LogP contribution in [0.5, 0.6) is 0 Å². The molecule has 2 nitrogen and oxygen atoms in total. The van der Waals surface area contributed by atoms with Crippen molar-refractivity contribution < 1.29 is 0 Å². The molecule has 1 N–H and O–H groups in total. The Hall–Kier alpha value is -0.0800. The van der Waals surface area contributed by atoms with E-state index in [9.17, 15) is 0 Å². The molecule has 0 bridgehead atoms. The molecule has 11 heavy (non-hydrogen) atoms. The number of nitrogens with one attached hydrogen (secondary N) is 1. The quantitative estimate of drug-likeness (QED) is 0.560. The Balaban J connectivity index is 0.000000605. The summed E-state index contributed by atoms with van der Waals surface area (Å²) in [7, 11) is 0. The molecule has 1 saturated carbocycles. The van der Waals surface area contributed by atoms with Crippen molar-refractivity contribution in [2.75, 3.05) is 13.1 Å². The van der Waals surface area contributed by atoms with Crippen LogP contribution >= 0.6 is 0 Å². The average Bonchev–Trinajstić information content (AvgIpc) is 2.05. The largest absolute Gasteiger partial charge is 0.316 e. The molecule has 63 valence electrons. The van der Waals surface area contributed by atoms with Gasteiger partial charge in [-0.1, -0.05) is 19.3 Å². The van der Waals surface area contributed by atoms with Crippen molar-refractivity contribution in [3.63, 3.8) is 0 Å². The van der Waals surface area contributed by atoms with Crippen molar-refractivity contribution in [1.29, 1.82) is 0 Å². The summed E-state index contributed by atoms with van der Waals surface area (Å²) in [6.07, 6.45) is 7.46. The molecule has 0 spiro atoms. The van der Waals surface area contributed by atoms with Crippen LogP contribution in [0.4, 0.5) is 0 Å². The minimum Gasteiger partial charge on any atom is -0.316 e. The van der Waals surface area contributed by atoms with Gasteiger partial charge in [-0.3, -0.25) is 0 Å². The van der Waals surface area contributed by atoms with Gasteiger partial charge in [-0.25, -0.2) is 0 Å². The topological polar surface area (TPSA) is 42.5 Å². The lowest BCUT2D eigenvalue weighted by Gasteiger charge is -2.35. The lowest BCUT2D eigenvalue weighted by Crippen LogP contribution is -2.38. The molecule has 2 fully saturated rings. The van der Waals surface area contributed by atoms with Gasteiger partial charge < -0.3 is 5.32 Å². The first kappa shape index (κ1) is 9.01. The maximum absolute atomic E-state index is 3.48. The Morgan fingerprint density at radius 3 is 2.36 bits per heavy atom. The number of hydrogen-bond acceptors (Lipinski definition) is 1. The minimum atomic E-state index is 0. The van der Waals surface area contributed by atoms with E-state index in [1.165, 1.54) is 45.2 Å². The van der Waals surface area contributed by atoms with Crippen LogP contribution in [0.25, 0.3) is 0 Å². The van der Waals surface area contributed by atoms with Gasteiger partial charge in [-0.2, -0.15) is 0 Å². The highest BCUT2D eigenvalue weighted by Crippen LogP contribution is 2.33. The molecule has 1 heterocycles. The number of rotatable bonds is 0. The summed E-state index contributed by atoms with van der Waals surface area (Å²) < 4.78 is 0. The lowest BCUT2D eigenvalue weighted by molar-refractivity contribution is 0.185. The molecule has 1 aliphatic heterocycles. The van der Waals surface area contributed by atoms with E-state index in [1.54, 1.807) is 0 Å². The molecule has 1 aliphatic carbocycles. The van der Waals surface area contributed by atoms with E-state index in [0.717, 1.165) is 11.8 Å². The van der Waals surface area contributed by atoms with Crippen LogP contribution in [0.15, 0.2) is 0 Å². The Morgan fingerprint density at radius 2 is 1.64 bits per heavy atom. The van der Waals surface area contributed by atoms with Crippen molar-refractivity contribution in [1.82, 2.24) is 11.5 Å². The summed E-state index contributed by atoms with van der Waals surface area (Å²) in [6.45, 7) is 2.59. The highest BCUT2D eigenvalue weighted by Gasteiger charge is 2.26. The predicted octanol–water partition coefficient (Wildman–Crippen LogP) is 1.31. The van der Waals surface area contributed by atoms with Crippen molar-refractivity contribution in [2.24, 2.45) is 11.8 Å². The monoisotopic (exact) mass is 153 g/mol. The predicted molar refractivity (Wildman–Crippen MR) is 45.1 cm³/mol. The smallest absolute Gasteiger partial charge is 0 e. The van der Waals surface area contributed by atoms with Gasteiger partial charge in [-0.15, -0.1) is 0 Å². The van der Waals surface area contributed by atoms with Crippen LogP contribution in [0.2, 0.25) is 0 Å². The molecule has 0 amide bonds. The highest BCUT2D eigenvalue weighted by atomic mass is 14.9. The van der Waals surface area contributed by atoms with Gasteiger partial charge in [-0.05, 0) is 37.8 Å². The van der Waals surface area contributed by atoms with E-state index in [1.807, 2.05) is 0 Å². The standard InChI is InChI=1S/C9H17N.N/c1-2-4-9-7-10-6-5-8(9)3-1;/h8-10H,1-7H2;. The van der Waals surface area contributed by atoms with E-state index < -0.39 is 0 Å². The Bertz CT molecular complexity index is 88.1. The fourth-order valence-corrected chi connectivity index (χ4v) is 2.51.